The van der Waals surface area contributed by atoms with E-state index in [1.807, 2.05) is 12.1 Å². The fourth-order valence-electron chi connectivity index (χ4n) is 2.06. The van der Waals surface area contributed by atoms with Crippen LogP contribution < -0.4 is 11.1 Å². The molecule has 0 radical (unpaired) electrons. The first-order valence-corrected chi connectivity index (χ1v) is 5.18. The maximum absolute atomic E-state index is 5.71. The Morgan fingerprint density at radius 2 is 2.33 bits per heavy atom. The first-order chi connectivity index (χ1) is 7.34. The van der Waals surface area contributed by atoms with Crippen molar-refractivity contribution in [3.8, 4) is 0 Å². The van der Waals surface area contributed by atoms with Crippen molar-refractivity contribution in [3.05, 3.63) is 17.8 Å². The predicted octanol–water partition coefficient (Wildman–Crippen LogP) is 0.965. The standard InChI is InChI=1S/C10H13N5/c11-9-6-3-4-8(7-2-1-5-12-7)13-10(6)15-14-9/h3-4,7,12H,1-2,5H2,(H3,11,13,14,15). The van der Waals surface area contributed by atoms with Gasteiger partial charge in [-0.3, -0.25) is 5.10 Å². The fraction of sp³-hybridized carbons (Fsp3) is 0.400. The summed E-state index contributed by atoms with van der Waals surface area (Å²) in [6.07, 6.45) is 2.37. The molecule has 1 aliphatic heterocycles. The molecule has 1 fully saturated rings. The highest BCUT2D eigenvalue weighted by atomic mass is 15.2. The van der Waals surface area contributed by atoms with Crippen LogP contribution in [0.25, 0.3) is 11.0 Å². The number of nitrogens with two attached hydrogens (primary N) is 1. The average molecular weight is 203 g/mol. The van der Waals surface area contributed by atoms with E-state index < -0.39 is 0 Å². The van der Waals surface area contributed by atoms with E-state index in [2.05, 4.69) is 20.5 Å². The van der Waals surface area contributed by atoms with Gasteiger partial charge in [-0.2, -0.15) is 5.10 Å². The zero-order chi connectivity index (χ0) is 10.3. The number of aromatic nitrogens is 3. The SMILES string of the molecule is Nc1[nH]nc2nc(C3CCCN3)ccc12. The first kappa shape index (κ1) is 8.67. The van der Waals surface area contributed by atoms with Gasteiger partial charge in [0.2, 0.25) is 0 Å². The summed E-state index contributed by atoms with van der Waals surface area (Å²) in [5.74, 6) is 0.587. The Bertz CT molecular complexity index is 484. The Labute approximate surface area is 87.1 Å². The average Bonchev–Trinajstić information content (AvgIpc) is 2.88. The molecule has 3 heterocycles. The molecule has 1 saturated heterocycles. The molecule has 2 aromatic heterocycles. The second-order valence-corrected chi connectivity index (χ2v) is 3.89. The van der Waals surface area contributed by atoms with Crippen molar-refractivity contribution in [2.24, 2.45) is 0 Å². The molecule has 3 rings (SSSR count). The Morgan fingerprint density at radius 3 is 3.13 bits per heavy atom. The highest BCUT2D eigenvalue weighted by molar-refractivity contribution is 5.85. The van der Waals surface area contributed by atoms with Crippen LogP contribution in [-0.2, 0) is 0 Å². The lowest BCUT2D eigenvalue weighted by Crippen LogP contribution is -2.14. The zero-order valence-corrected chi connectivity index (χ0v) is 8.33. The third kappa shape index (κ3) is 1.35. The Morgan fingerprint density at radius 1 is 1.40 bits per heavy atom. The highest BCUT2D eigenvalue weighted by Gasteiger charge is 2.18. The molecule has 1 aliphatic rings. The molecule has 2 aromatic rings. The number of hydrogen-bond donors (Lipinski definition) is 3. The molecule has 78 valence electrons. The highest BCUT2D eigenvalue weighted by Crippen LogP contribution is 2.24. The molecular formula is C10H13N5. The number of nitrogens with one attached hydrogen (secondary N) is 2. The molecule has 1 atom stereocenters. The van der Waals surface area contributed by atoms with Crippen molar-refractivity contribution in [1.29, 1.82) is 0 Å². The normalized spacial score (nSPS) is 21.2. The molecule has 5 heteroatoms. The van der Waals surface area contributed by atoms with Crippen LogP contribution in [0.2, 0.25) is 0 Å². The second kappa shape index (κ2) is 3.20. The lowest BCUT2D eigenvalue weighted by Gasteiger charge is -2.08. The van der Waals surface area contributed by atoms with E-state index in [9.17, 15) is 0 Å². The maximum Gasteiger partial charge on any atom is 0.183 e. The van der Waals surface area contributed by atoms with E-state index in [1.165, 1.54) is 6.42 Å². The molecule has 0 spiro atoms. The minimum absolute atomic E-state index is 0.382. The Hall–Kier alpha value is -1.62. The largest absolute Gasteiger partial charge is 0.384 e. The van der Waals surface area contributed by atoms with Crippen LogP contribution in [0.4, 0.5) is 5.82 Å². The quantitative estimate of drug-likeness (QED) is 0.645. The van der Waals surface area contributed by atoms with Crippen molar-refractivity contribution in [2.45, 2.75) is 18.9 Å². The summed E-state index contributed by atoms with van der Waals surface area (Å²) in [4.78, 5) is 4.49. The van der Waals surface area contributed by atoms with Crippen molar-refractivity contribution in [3.63, 3.8) is 0 Å². The third-order valence-electron chi connectivity index (χ3n) is 2.89. The molecular weight excluding hydrogens is 190 g/mol. The predicted molar refractivity (Wildman–Crippen MR) is 58.3 cm³/mol. The van der Waals surface area contributed by atoms with Crippen LogP contribution in [0, 0.1) is 0 Å². The van der Waals surface area contributed by atoms with Crippen LogP contribution in [0.1, 0.15) is 24.6 Å². The summed E-state index contributed by atoms with van der Waals surface area (Å²) in [7, 11) is 0. The number of hydrogen-bond acceptors (Lipinski definition) is 4. The van der Waals surface area contributed by atoms with E-state index >= 15 is 0 Å². The molecule has 15 heavy (non-hydrogen) atoms. The van der Waals surface area contributed by atoms with Crippen LogP contribution in [0.3, 0.4) is 0 Å². The van der Waals surface area contributed by atoms with E-state index in [0.29, 0.717) is 17.5 Å². The van der Waals surface area contributed by atoms with Crippen LogP contribution in [0.15, 0.2) is 12.1 Å². The zero-order valence-electron chi connectivity index (χ0n) is 8.33. The molecule has 5 nitrogen and oxygen atoms in total. The lowest BCUT2D eigenvalue weighted by molar-refractivity contribution is 0.630. The van der Waals surface area contributed by atoms with Gasteiger partial charge in [-0.05, 0) is 31.5 Å². The number of nitrogen functional groups attached to an aromatic ring is 1. The summed E-state index contributed by atoms with van der Waals surface area (Å²) in [5.41, 5.74) is 7.47. The number of H-pyrrole nitrogens is 1. The van der Waals surface area contributed by atoms with Gasteiger partial charge in [0.1, 0.15) is 5.82 Å². The molecule has 0 bridgehead atoms. The van der Waals surface area contributed by atoms with Gasteiger partial charge >= 0.3 is 0 Å². The molecule has 0 aromatic carbocycles. The number of pyridine rings is 1. The Kier molecular flexibility index (Phi) is 1.85. The van der Waals surface area contributed by atoms with Gasteiger partial charge in [-0.25, -0.2) is 4.98 Å². The minimum atomic E-state index is 0.382. The van der Waals surface area contributed by atoms with Gasteiger partial charge in [0, 0.05) is 6.04 Å². The summed E-state index contributed by atoms with van der Waals surface area (Å²) in [6.45, 7) is 1.08. The molecule has 0 saturated carbocycles. The van der Waals surface area contributed by atoms with Crippen LogP contribution in [0.5, 0.6) is 0 Å². The number of aromatic amines is 1. The lowest BCUT2D eigenvalue weighted by atomic mass is 10.1. The molecule has 0 amide bonds. The maximum atomic E-state index is 5.71. The number of nitrogens with zero attached hydrogens (tertiary/aromatic N) is 2. The summed E-state index contributed by atoms with van der Waals surface area (Å²) < 4.78 is 0. The van der Waals surface area contributed by atoms with Crippen molar-refractivity contribution < 1.29 is 0 Å². The monoisotopic (exact) mass is 203 g/mol. The van der Waals surface area contributed by atoms with E-state index in [-0.39, 0.29) is 0 Å². The molecule has 4 N–H and O–H groups in total. The third-order valence-corrected chi connectivity index (χ3v) is 2.89. The van der Waals surface area contributed by atoms with Crippen LogP contribution in [-0.4, -0.2) is 21.7 Å². The second-order valence-electron chi connectivity index (χ2n) is 3.89. The van der Waals surface area contributed by atoms with E-state index in [4.69, 9.17) is 5.73 Å². The van der Waals surface area contributed by atoms with Gasteiger partial charge in [0.15, 0.2) is 5.65 Å². The topological polar surface area (TPSA) is 79.6 Å². The summed E-state index contributed by atoms with van der Waals surface area (Å²) in [5, 5.41) is 11.1. The van der Waals surface area contributed by atoms with Gasteiger partial charge in [0.05, 0.1) is 11.1 Å². The molecule has 1 unspecified atom stereocenters. The fourth-order valence-corrected chi connectivity index (χ4v) is 2.06. The summed E-state index contributed by atoms with van der Waals surface area (Å²) in [6, 6.07) is 4.39. The minimum Gasteiger partial charge on any atom is -0.384 e. The van der Waals surface area contributed by atoms with Gasteiger partial charge in [0.25, 0.3) is 0 Å². The summed E-state index contributed by atoms with van der Waals surface area (Å²) >= 11 is 0. The first-order valence-electron chi connectivity index (χ1n) is 5.18. The van der Waals surface area contributed by atoms with Gasteiger partial charge < -0.3 is 11.1 Å². The van der Waals surface area contributed by atoms with Gasteiger partial charge in [-0.15, -0.1) is 0 Å². The van der Waals surface area contributed by atoms with Crippen molar-refractivity contribution >= 4 is 16.9 Å². The smallest absolute Gasteiger partial charge is 0.183 e. The molecule has 0 aliphatic carbocycles. The number of anilines is 1. The number of fused-ring (bicyclic) bond motifs is 1. The van der Waals surface area contributed by atoms with E-state index in [1.54, 1.807) is 0 Å². The Balaban J connectivity index is 2.05. The van der Waals surface area contributed by atoms with Gasteiger partial charge in [-0.1, -0.05) is 0 Å². The van der Waals surface area contributed by atoms with Crippen molar-refractivity contribution in [2.75, 3.05) is 12.3 Å². The van der Waals surface area contributed by atoms with Crippen LogP contribution >= 0.6 is 0 Å². The van der Waals surface area contributed by atoms with Crippen molar-refractivity contribution in [1.82, 2.24) is 20.5 Å². The van der Waals surface area contributed by atoms with E-state index in [0.717, 1.165) is 24.0 Å². The number of rotatable bonds is 1.